The normalized spacial score (nSPS) is 11.9. The highest BCUT2D eigenvalue weighted by atomic mass is 35.5. The van der Waals surface area contributed by atoms with Crippen molar-refractivity contribution in [1.29, 1.82) is 0 Å². The summed E-state index contributed by atoms with van der Waals surface area (Å²) >= 11 is 7.50. The van der Waals surface area contributed by atoms with Gasteiger partial charge in [-0.2, -0.15) is 0 Å². The van der Waals surface area contributed by atoms with Crippen molar-refractivity contribution < 1.29 is 9.59 Å². The van der Waals surface area contributed by atoms with E-state index >= 15 is 0 Å². The van der Waals surface area contributed by atoms with Gasteiger partial charge in [0.25, 0.3) is 0 Å². The fourth-order valence-corrected chi connectivity index (χ4v) is 4.27. The predicted octanol–water partition coefficient (Wildman–Crippen LogP) is 5.46. The van der Waals surface area contributed by atoms with Gasteiger partial charge >= 0.3 is 0 Å². The van der Waals surface area contributed by atoms with Crippen LogP contribution in [0.4, 0.5) is 0 Å². The van der Waals surface area contributed by atoms with Crippen LogP contribution in [0.3, 0.4) is 0 Å². The maximum atomic E-state index is 13.2. The Bertz CT molecular complexity index is 855. The van der Waals surface area contributed by atoms with Gasteiger partial charge in [-0.05, 0) is 42.5 Å². The van der Waals surface area contributed by atoms with E-state index in [0.29, 0.717) is 36.2 Å². The Balaban J connectivity index is 2.11. The van der Waals surface area contributed by atoms with Crippen molar-refractivity contribution in [3.63, 3.8) is 0 Å². The summed E-state index contributed by atoms with van der Waals surface area (Å²) in [5.74, 6) is 1.30. The number of rotatable bonds is 11. The zero-order valence-corrected chi connectivity index (χ0v) is 20.4. The number of hydrogen-bond acceptors (Lipinski definition) is 3. The number of benzene rings is 2. The lowest BCUT2D eigenvalue weighted by molar-refractivity contribution is -0.139. The molecular formula is C25H33ClN2O2S. The van der Waals surface area contributed by atoms with E-state index < -0.39 is 6.04 Å². The molecule has 31 heavy (non-hydrogen) atoms. The molecule has 6 heteroatoms. The maximum Gasteiger partial charge on any atom is 0.242 e. The summed E-state index contributed by atoms with van der Waals surface area (Å²) in [6, 6.07) is 15.3. The van der Waals surface area contributed by atoms with Gasteiger partial charge in [0.2, 0.25) is 11.8 Å². The molecule has 0 radical (unpaired) electrons. The van der Waals surface area contributed by atoms with Crippen molar-refractivity contribution in [2.45, 2.75) is 52.5 Å². The molecule has 0 spiro atoms. The van der Waals surface area contributed by atoms with Crippen molar-refractivity contribution in [1.82, 2.24) is 10.2 Å². The Morgan fingerprint density at radius 3 is 2.42 bits per heavy atom. The van der Waals surface area contributed by atoms with Gasteiger partial charge in [0.15, 0.2) is 0 Å². The van der Waals surface area contributed by atoms with E-state index in [9.17, 15) is 9.59 Å². The standard InChI is InChI=1S/C25H33ClN2O2S/c1-5-23(25(30)27-14-18(2)3)28(15-21-8-6-7-19(4)13-21)24(29)17-31-16-20-9-11-22(26)12-10-20/h6-13,18,23H,5,14-17H2,1-4H3,(H,27,30)/t23-/m0/s1. The number of nitrogens with zero attached hydrogens (tertiary/aromatic N) is 1. The SMILES string of the molecule is CC[C@@H](C(=O)NCC(C)C)N(Cc1cccc(C)c1)C(=O)CSCc1ccc(Cl)cc1. The third-order valence-electron chi connectivity index (χ3n) is 4.91. The minimum absolute atomic E-state index is 0.0213. The number of aryl methyl sites for hydroxylation is 1. The van der Waals surface area contributed by atoms with Gasteiger partial charge in [-0.1, -0.05) is 74.3 Å². The second-order valence-corrected chi connectivity index (χ2v) is 9.62. The second kappa shape index (κ2) is 12.8. The van der Waals surface area contributed by atoms with Crippen LogP contribution < -0.4 is 5.32 Å². The lowest BCUT2D eigenvalue weighted by Gasteiger charge is -2.31. The second-order valence-electron chi connectivity index (χ2n) is 8.19. The number of amides is 2. The average Bonchev–Trinajstić information content (AvgIpc) is 2.73. The first-order chi connectivity index (χ1) is 14.8. The van der Waals surface area contributed by atoms with Gasteiger partial charge in [0.05, 0.1) is 5.75 Å². The molecule has 0 unspecified atom stereocenters. The molecule has 168 valence electrons. The van der Waals surface area contributed by atoms with Crippen LogP contribution in [0.2, 0.25) is 5.02 Å². The highest BCUT2D eigenvalue weighted by molar-refractivity contribution is 7.99. The van der Waals surface area contributed by atoms with E-state index in [2.05, 4.69) is 25.2 Å². The molecule has 2 aromatic carbocycles. The van der Waals surface area contributed by atoms with Crippen LogP contribution in [0.1, 0.15) is 43.9 Å². The molecule has 0 bridgehead atoms. The number of nitrogens with one attached hydrogen (secondary N) is 1. The molecule has 0 aliphatic heterocycles. The van der Waals surface area contributed by atoms with Crippen molar-refractivity contribution in [3.05, 3.63) is 70.2 Å². The van der Waals surface area contributed by atoms with Gasteiger partial charge in [-0.25, -0.2) is 0 Å². The number of halogens is 1. The number of carbonyl (C=O) groups is 2. The fraction of sp³-hybridized carbons (Fsp3) is 0.440. The molecule has 2 rings (SSSR count). The summed E-state index contributed by atoms with van der Waals surface area (Å²) in [7, 11) is 0. The number of hydrogen-bond donors (Lipinski definition) is 1. The first-order valence-corrected chi connectivity index (χ1v) is 12.3. The Morgan fingerprint density at radius 1 is 1.10 bits per heavy atom. The minimum Gasteiger partial charge on any atom is -0.354 e. The molecule has 0 aliphatic rings. The third-order valence-corrected chi connectivity index (χ3v) is 6.15. The maximum absolute atomic E-state index is 13.2. The Hall–Kier alpha value is -1.98. The van der Waals surface area contributed by atoms with Crippen LogP contribution in [0.5, 0.6) is 0 Å². The van der Waals surface area contributed by atoms with Crippen molar-refractivity contribution in [3.8, 4) is 0 Å². The molecule has 0 saturated carbocycles. The van der Waals surface area contributed by atoms with Gasteiger partial charge in [-0.3, -0.25) is 9.59 Å². The molecule has 1 atom stereocenters. The summed E-state index contributed by atoms with van der Waals surface area (Å²) in [5.41, 5.74) is 3.29. The molecule has 0 aliphatic carbocycles. The van der Waals surface area contributed by atoms with E-state index in [1.54, 1.807) is 16.7 Å². The molecule has 0 saturated heterocycles. The Kier molecular flexibility index (Phi) is 10.4. The summed E-state index contributed by atoms with van der Waals surface area (Å²) in [6.45, 7) is 9.14. The number of carbonyl (C=O) groups excluding carboxylic acids is 2. The van der Waals surface area contributed by atoms with Crippen molar-refractivity contribution >= 4 is 35.2 Å². The highest BCUT2D eigenvalue weighted by Crippen LogP contribution is 2.19. The first-order valence-electron chi connectivity index (χ1n) is 10.7. The molecule has 0 aromatic heterocycles. The quantitative estimate of drug-likeness (QED) is 0.484. The third kappa shape index (κ3) is 8.58. The Labute approximate surface area is 195 Å². The van der Waals surface area contributed by atoms with E-state index in [4.69, 9.17) is 11.6 Å². The molecule has 1 N–H and O–H groups in total. The molecule has 0 fully saturated rings. The molecule has 2 amide bonds. The van der Waals surface area contributed by atoms with Crippen molar-refractivity contribution in [2.24, 2.45) is 5.92 Å². The zero-order valence-electron chi connectivity index (χ0n) is 18.9. The summed E-state index contributed by atoms with van der Waals surface area (Å²) in [5, 5.41) is 3.70. The lowest BCUT2D eigenvalue weighted by Crippen LogP contribution is -2.50. The first kappa shape index (κ1) is 25.3. The molecule has 2 aromatic rings. The summed E-state index contributed by atoms with van der Waals surface area (Å²) < 4.78 is 0. The smallest absolute Gasteiger partial charge is 0.242 e. The van der Waals surface area contributed by atoms with Crippen LogP contribution in [0, 0.1) is 12.8 Å². The Morgan fingerprint density at radius 2 is 1.81 bits per heavy atom. The topological polar surface area (TPSA) is 49.4 Å². The van der Waals surface area contributed by atoms with Gasteiger partial charge in [0.1, 0.15) is 6.04 Å². The minimum atomic E-state index is -0.483. The zero-order chi connectivity index (χ0) is 22.8. The van der Waals surface area contributed by atoms with E-state index in [-0.39, 0.29) is 11.8 Å². The summed E-state index contributed by atoms with van der Waals surface area (Å²) in [6.07, 6.45) is 0.573. The molecule has 4 nitrogen and oxygen atoms in total. The van der Waals surface area contributed by atoms with Crippen LogP contribution in [0.25, 0.3) is 0 Å². The van der Waals surface area contributed by atoms with Gasteiger partial charge in [-0.15, -0.1) is 11.8 Å². The largest absolute Gasteiger partial charge is 0.354 e. The number of thioether (sulfide) groups is 1. The van der Waals surface area contributed by atoms with E-state index in [1.807, 2.05) is 56.3 Å². The van der Waals surface area contributed by atoms with Crippen LogP contribution >= 0.6 is 23.4 Å². The van der Waals surface area contributed by atoms with Crippen LogP contribution in [-0.4, -0.2) is 35.1 Å². The summed E-state index contributed by atoms with van der Waals surface area (Å²) in [4.78, 5) is 27.8. The highest BCUT2D eigenvalue weighted by Gasteiger charge is 2.28. The monoisotopic (exact) mass is 460 g/mol. The lowest BCUT2D eigenvalue weighted by atomic mass is 10.1. The molecular weight excluding hydrogens is 428 g/mol. The van der Waals surface area contributed by atoms with Gasteiger partial charge < -0.3 is 10.2 Å². The average molecular weight is 461 g/mol. The van der Waals surface area contributed by atoms with E-state index in [1.165, 1.54) is 0 Å². The molecule has 0 heterocycles. The predicted molar refractivity (Wildman–Crippen MR) is 131 cm³/mol. The fourth-order valence-electron chi connectivity index (χ4n) is 3.27. The van der Waals surface area contributed by atoms with Gasteiger partial charge in [0, 0.05) is 23.9 Å². The van der Waals surface area contributed by atoms with Crippen LogP contribution in [0.15, 0.2) is 48.5 Å². The van der Waals surface area contributed by atoms with Crippen molar-refractivity contribution in [2.75, 3.05) is 12.3 Å². The van der Waals surface area contributed by atoms with E-state index in [0.717, 1.165) is 22.4 Å². The van der Waals surface area contributed by atoms with Crippen LogP contribution in [-0.2, 0) is 21.9 Å².